The van der Waals surface area contributed by atoms with Crippen molar-refractivity contribution < 1.29 is 36.2 Å². The number of aromatic nitrogens is 2. The van der Waals surface area contributed by atoms with E-state index in [4.69, 9.17) is 0 Å². The van der Waals surface area contributed by atoms with Gasteiger partial charge in [-0.1, -0.05) is 12.1 Å². The van der Waals surface area contributed by atoms with Gasteiger partial charge in [-0.25, -0.2) is 4.68 Å². The molecule has 164 valence electrons. The van der Waals surface area contributed by atoms with Crippen molar-refractivity contribution in [1.82, 2.24) is 14.7 Å². The van der Waals surface area contributed by atoms with E-state index in [0.717, 1.165) is 11.0 Å². The second-order valence-corrected chi connectivity index (χ2v) is 7.32. The number of alkyl halides is 6. The van der Waals surface area contributed by atoms with E-state index >= 15 is 0 Å². The molecule has 30 heavy (non-hydrogen) atoms. The number of aliphatic hydroxyl groups is 1. The van der Waals surface area contributed by atoms with Crippen LogP contribution in [0.3, 0.4) is 0 Å². The van der Waals surface area contributed by atoms with Crippen LogP contribution >= 0.6 is 0 Å². The quantitative estimate of drug-likeness (QED) is 0.744. The zero-order chi connectivity index (χ0) is 22.3. The van der Waals surface area contributed by atoms with Gasteiger partial charge in [-0.05, 0) is 38.0 Å². The number of likely N-dealkylation sites (tertiary alicyclic amines) is 1. The molecule has 1 amide bonds. The van der Waals surface area contributed by atoms with E-state index in [1.807, 2.05) is 0 Å². The number of piperidine rings is 1. The lowest BCUT2D eigenvalue weighted by Gasteiger charge is -2.37. The van der Waals surface area contributed by atoms with Gasteiger partial charge in [0.05, 0.1) is 11.3 Å². The number of halogens is 6. The Morgan fingerprint density at radius 2 is 1.67 bits per heavy atom. The third kappa shape index (κ3) is 4.03. The predicted octanol–water partition coefficient (Wildman–Crippen LogP) is 3.91. The van der Waals surface area contributed by atoms with Crippen LogP contribution in [0.5, 0.6) is 0 Å². The molecule has 3 rings (SSSR count). The maximum atomic E-state index is 13.4. The Labute approximate surface area is 167 Å². The van der Waals surface area contributed by atoms with Crippen molar-refractivity contribution >= 4 is 5.91 Å². The summed E-state index contributed by atoms with van der Waals surface area (Å²) in [6.45, 7) is 0.272. The fourth-order valence-corrected chi connectivity index (χ4v) is 3.53. The average molecular weight is 435 g/mol. The number of benzene rings is 1. The Bertz CT molecular complexity index is 911. The number of hydrogen-bond donors (Lipinski definition) is 1. The van der Waals surface area contributed by atoms with Crippen molar-refractivity contribution in [2.24, 2.45) is 0 Å². The van der Waals surface area contributed by atoms with Gasteiger partial charge in [0, 0.05) is 30.9 Å². The molecule has 1 fully saturated rings. The lowest BCUT2D eigenvalue weighted by Crippen LogP contribution is -2.57. The molecule has 1 aliphatic heterocycles. The summed E-state index contributed by atoms with van der Waals surface area (Å²) in [6, 6.07) is 6.52. The molecule has 2 aromatic rings. The van der Waals surface area contributed by atoms with E-state index in [9.17, 15) is 36.2 Å². The number of nitrogens with zero attached hydrogens (tertiary/aromatic N) is 3. The summed E-state index contributed by atoms with van der Waals surface area (Å²) < 4.78 is 80.0. The predicted molar refractivity (Wildman–Crippen MR) is 93.8 cm³/mol. The molecule has 1 aromatic heterocycles. The van der Waals surface area contributed by atoms with Crippen LogP contribution in [0.4, 0.5) is 26.3 Å². The fraction of sp³-hybridized carbons (Fsp3) is 0.474. The lowest BCUT2D eigenvalue weighted by molar-refractivity contribution is -0.250. The monoisotopic (exact) mass is 435 g/mol. The van der Waals surface area contributed by atoms with Gasteiger partial charge in [0.15, 0.2) is 0 Å². The minimum atomic E-state index is -5.11. The van der Waals surface area contributed by atoms with Crippen LogP contribution < -0.4 is 0 Å². The first-order valence-corrected chi connectivity index (χ1v) is 9.13. The smallest absolute Gasteiger partial charge is 0.373 e. The van der Waals surface area contributed by atoms with E-state index in [1.54, 1.807) is 6.07 Å². The summed E-state index contributed by atoms with van der Waals surface area (Å²) in [5.74, 6) is -1.75. The number of amides is 1. The number of rotatable bonds is 3. The van der Waals surface area contributed by atoms with Gasteiger partial charge < -0.3 is 10.0 Å². The first-order chi connectivity index (χ1) is 13.8. The SMILES string of the molecule is C[C@@](O)(C(=O)N1CCC(c2ccnn2-c2ccccc2C(F)(F)F)CC1)C(F)(F)F. The Kier molecular flexibility index (Phi) is 5.61. The Morgan fingerprint density at radius 1 is 1.07 bits per heavy atom. The molecule has 0 spiro atoms. The number of carbonyl (C=O) groups is 1. The topological polar surface area (TPSA) is 58.4 Å². The van der Waals surface area contributed by atoms with Crippen molar-refractivity contribution in [2.45, 2.75) is 43.6 Å². The minimum Gasteiger partial charge on any atom is -0.373 e. The van der Waals surface area contributed by atoms with E-state index in [1.165, 1.54) is 29.1 Å². The van der Waals surface area contributed by atoms with E-state index < -0.39 is 29.4 Å². The zero-order valence-corrected chi connectivity index (χ0v) is 15.8. The van der Waals surface area contributed by atoms with Gasteiger partial charge in [0.2, 0.25) is 5.60 Å². The summed E-state index contributed by atoms with van der Waals surface area (Å²) in [4.78, 5) is 13.0. The maximum Gasteiger partial charge on any atom is 0.426 e. The van der Waals surface area contributed by atoms with Gasteiger partial charge in [0.25, 0.3) is 5.91 Å². The summed E-state index contributed by atoms with van der Waals surface area (Å²) in [7, 11) is 0. The molecular formula is C19H19F6N3O2. The molecule has 1 aromatic carbocycles. The summed E-state index contributed by atoms with van der Waals surface area (Å²) in [5, 5.41) is 13.6. The van der Waals surface area contributed by atoms with Crippen LogP contribution in [0.25, 0.3) is 5.69 Å². The number of hydrogen-bond acceptors (Lipinski definition) is 3. The molecule has 1 aliphatic rings. The van der Waals surface area contributed by atoms with Crippen molar-refractivity contribution in [2.75, 3.05) is 13.1 Å². The van der Waals surface area contributed by atoms with Crippen LogP contribution in [0.1, 0.15) is 36.9 Å². The van der Waals surface area contributed by atoms with Gasteiger partial charge in [-0.2, -0.15) is 31.4 Å². The third-order valence-electron chi connectivity index (χ3n) is 5.28. The van der Waals surface area contributed by atoms with Gasteiger partial charge in [-0.3, -0.25) is 4.79 Å². The fourth-order valence-electron chi connectivity index (χ4n) is 3.53. The molecule has 5 nitrogen and oxygen atoms in total. The maximum absolute atomic E-state index is 13.4. The summed E-state index contributed by atoms with van der Waals surface area (Å²) in [5.41, 5.74) is -4.03. The molecule has 0 saturated carbocycles. The highest BCUT2D eigenvalue weighted by Crippen LogP contribution is 2.37. The molecule has 2 heterocycles. The van der Waals surface area contributed by atoms with Crippen LogP contribution in [0.2, 0.25) is 0 Å². The molecule has 0 unspecified atom stereocenters. The second kappa shape index (κ2) is 7.60. The van der Waals surface area contributed by atoms with Gasteiger partial charge in [0.1, 0.15) is 0 Å². The van der Waals surface area contributed by atoms with Crippen molar-refractivity contribution in [3.05, 3.63) is 47.8 Å². The van der Waals surface area contributed by atoms with Gasteiger partial charge in [-0.15, -0.1) is 0 Å². The van der Waals surface area contributed by atoms with Crippen LogP contribution in [-0.4, -0.2) is 50.6 Å². The minimum absolute atomic E-state index is 0.0676. The Hall–Kier alpha value is -2.56. The molecule has 1 saturated heterocycles. The first-order valence-electron chi connectivity index (χ1n) is 9.13. The average Bonchev–Trinajstić information content (AvgIpc) is 3.15. The molecule has 1 atom stereocenters. The molecular weight excluding hydrogens is 416 g/mol. The number of carbonyl (C=O) groups excluding carboxylic acids is 1. The summed E-state index contributed by atoms with van der Waals surface area (Å²) in [6.07, 6.45) is -7.90. The standard InChI is InChI=1S/C19H19F6N3O2/c1-17(30,19(23,24)25)16(29)27-10-7-12(8-11-27)14-6-9-26-28(14)15-5-3-2-4-13(15)18(20,21)22/h2-6,9,12,30H,7-8,10-11H2,1H3/t17-/m1/s1. The highest BCUT2D eigenvalue weighted by atomic mass is 19.4. The van der Waals surface area contributed by atoms with Crippen molar-refractivity contribution in [3.8, 4) is 5.69 Å². The summed E-state index contributed by atoms with van der Waals surface area (Å²) >= 11 is 0. The van der Waals surface area contributed by atoms with E-state index in [2.05, 4.69) is 5.10 Å². The highest BCUT2D eigenvalue weighted by molar-refractivity contribution is 5.85. The normalized spacial score (nSPS) is 18.3. The van der Waals surface area contributed by atoms with Crippen LogP contribution in [0, 0.1) is 0 Å². The van der Waals surface area contributed by atoms with Crippen LogP contribution in [-0.2, 0) is 11.0 Å². The molecule has 0 radical (unpaired) electrons. The molecule has 0 aliphatic carbocycles. The van der Waals surface area contributed by atoms with Crippen molar-refractivity contribution in [1.29, 1.82) is 0 Å². The van der Waals surface area contributed by atoms with E-state index in [-0.39, 0.29) is 37.5 Å². The van der Waals surface area contributed by atoms with E-state index in [0.29, 0.717) is 12.6 Å². The third-order valence-corrected chi connectivity index (χ3v) is 5.28. The van der Waals surface area contributed by atoms with Gasteiger partial charge >= 0.3 is 12.4 Å². The number of para-hydroxylation sites is 1. The lowest BCUT2D eigenvalue weighted by atomic mass is 9.92. The van der Waals surface area contributed by atoms with Crippen LogP contribution in [0.15, 0.2) is 36.5 Å². The second-order valence-electron chi connectivity index (χ2n) is 7.32. The molecule has 11 heteroatoms. The Balaban J connectivity index is 1.80. The first kappa shape index (κ1) is 22.1. The molecule has 1 N–H and O–H groups in total. The van der Waals surface area contributed by atoms with Crippen molar-refractivity contribution in [3.63, 3.8) is 0 Å². The zero-order valence-electron chi connectivity index (χ0n) is 15.8. The Morgan fingerprint density at radius 3 is 2.23 bits per heavy atom. The highest BCUT2D eigenvalue weighted by Gasteiger charge is 2.57. The largest absolute Gasteiger partial charge is 0.426 e. The molecule has 0 bridgehead atoms.